The van der Waals surface area contributed by atoms with E-state index in [-0.39, 0.29) is 11.9 Å². The van der Waals surface area contributed by atoms with E-state index in [0.717, 1.165) is 23.2 Å². The van der Waals surface area contributed by atoms with Crippen LogP contribution in [0.2, 0.25) is 5.02 Å². The third-order valence-corrected chi connectivity index (χ3v) is 3.65. The molecule has 1 nitrogen and oxygen atoms in total. The van der Waals surface area contributed by atoms with E-state index in [2.05, 4.69) is 5.32 Å². The smallest absolute Gasteiger partial charge is 0.128 e. The first-order chi connectivity index (χ1) is 9.52. The third kappa shape index (κ3) is 3.20. The summed E-state index contributed by atoms with van der Waals surface area (Å²) in [5, 5.41) is 4.06. The summed E-state index contributed by atoms with van der Waals surface area (Å²) in [5.74, 6) is -0.184. The number of aryl methyl sites for hydroxylation is 2. The Morgan fingerprint density at radius 1 is 1.10 bits per heavy atom. The van der Waals surface area contributed by atoms with Gasteiger partial charge in [0.25, 0.3) is 0 Å². The van der Waals surface area contributed by atoms with Crippen molar-refractivity contribution in [3.05, 3.63) is 69.5 Å². The van der Waals surface area contributed by atoms with Crippen LogP contribution in [0.25, 0.3) is 0 Å². The van der Waals surface area contributed by atoms with E-state index >= 15 is 0 Å². The van der Waals surface area contributed by atoms with Gasteiger partial charge in [-0.05, 0) is 49.7 Å². The van der Waals surface area contributed by atoms with Crippen molar-refractivity contribution in [2.24, 2.45) is 0 Å². The fraction of sp³-hybridized carbons (Fsp3) is 0.294. The normalized spacial score (nSPS) is 12.4. The van der Waals surface area contributed by atoms with Crippen molar-refractivity contribution in [1.82, 2.24) is 5.32 Å². The Morgan fingerprint density at radius 3 is 2.50 bits per heavy atom. The molecule has 0 aromatic heterocycles. The van der Waals surface area contributed by atoms with Crippen LogP contribution in [0.1, 0.15) is 35.2 Å². The summed E-state index contributed by atoms with van der Waals surface area (Å²) in [6.07, 6.45) is 0. The maximum absolute atomic E-state index is 14.2. The number of hydrogen-bond acceptors (Lipinski definition) is 1. The molecule has 20 heavy (non-hydrogen) atoms. The zero-order chi connectivity index (χ0) is 14.7. The summed E-state index contributed by atoms with van der Waals surface area (Å²) in [7, 11) is 0. The van der Waals surface area contributed by atoms with E-state index in [0.29, 0.717) is 10.6 Å². The van der Waals surface area contributed by atoms with Crippen LogP contribution in [-0.2, 0) is 0 Å². The van der Waals surface area contributed by atoms with Crippen LogP contribution >= 0.6 is 11.6 Å². The molecule has 106 valence electrons. The molecule has 0 fully saturated rings. The van der Waals surface area contributed by atoms with Crippen LogP contribution in [0.15, 0.2) is 36.4 Å². The molecule has 1 unspecified atom stereocenters. The molecule has 0 bridgehead atoms. The number of rotatable bonds is 4. The zero-order valence-electron chi connectivity index (χ0n) is 12.0. The van der Waals surface area contributed by atoms with Gasteiger partial charge in [0.1, 0.15) is 5.82 Å². The van der Waals surface area contributed by atoms with Gasteiger partial charge in [0, 0.05) is 10.6 Å². The van der Waals surface area contributed by atoms with E-state index in [4.69, 9.17) is 11.6 Å². The molecule has 0 aliphatic carbocycles. The largest absolute Gasteiger partial charge is 0.306 e. The topological polar surface area (TPSA) is 12.0 Å². The zero-order valence-corrected chi connectivity index (χ0v) is 12.8. The van der Waals surface area contributed by atoms with Crippen LogP contribution in [0.3, 0.4) is 0 Å². The van der Waals surface area contributed by atoms with Gasteiger partial charge in [0.15, 0.2) is 0 Å². The van der Waals surface area contributed by atoms with E-state index < -0.39 is 0 Å². The highest BCUT2D eigenvalue weighted by atomic mass is 35.5. The lowest BCUT2D eigenvalue weighted by atomic mass is 9.93. The van der Waals surface area contributed by atoms with Crippen molar-refractivity contribution < 1.29 is 4.39 Å². The maximum Gasteiger partial charge on any atom is 0.128 e. The fourth-order valence-electron chi connectivity index (χ4n) is 2.44. The molecule has 0 aliphatic heterocycles. The minimum atomic E-state index is -0.184. The molecule has 0 radical (unpaired) electrons. The Bertz CT molecular complexity index is 610. The first-order valence-electron chi connectivity index (χ1n) is 6.78. The lowest BCUT2D eigenvalue weighted by Crippen LogP contribution is -2.23. The van der Waals surface area contributed by atoms with Crippen LogP contribution in [0.5, 0.6) is 0 Å². The van der Waals surface area contributed by atoms with Crippen molar-refractivity contribution in [3.8, 4) is 0 Å². The average Bonchev–Trinajstić information content (AvgIpc) is 2.40. The van der Waals surface area contributed by atoms with Gasteiger partial charge in [-0.25, -0.2) is 4.39 Å². The molecule has 0 saturated heterocycles. The molecule has 2 aromatic carbocycles. The van der Waals surface area contributed by atoms with Crippen molar-refractivity contribution in [2.75, 3.05) is 6.54 Å². The van der Waals surface area contributed by atoms with Gasteiger partial charge in [-0.3, -0.25) is 0 Å². The SMILES string of the molecule is CCNC(c1ccc(Cl)cc1C)c1cc(C)ccc1F. The highest BCUT2D eigenvalue weighted by molar-refractivity contribution is 6.30. The average molecular weight is 292 g/mol. The Balaban J connectivity index is 2.53. The van der Waals surface area contributed by atoms with E-state index in [9.17, 15) is 4.39 Å². The summed E-state index contributed by atoms with van der Waals surface area (Å²) in [6.45, 7) is 6.76. The first kappa shape index (κ1) is 15.0. The molecule has 0 saturated carbocycles. The quantitative estimate of drug-likeness (QED) is 0.853. The summed E-state index contributed by atoms with van der Waals surface area (Å²) in [6, 6.07) is 10.8. The number of hydrogen-bond donors (Lipinski definition) is 1. The number of nitrogens with one attached hydrogen (secondary N) is 1. The number of benzene rings is 2. The van der Waals surface area contributed by atoms with Gasteiger partial charge in [0.2, 0.25) is 0 Å². The summed E-state index contributed by atoms with van der Waals surface area (Å²) in [4.78, 5) is 0. The molecule has 0 heterocycles. The predicted octanol–water partition coefficient (Wildman–Crippen LogP) is 4.79. The van der Waals surface area contributed by atoms with Crippen molar-refractivity contribution in [3.63, 3.8) is 0 Å². The lowest BCUT2D eigenvalue weighted by molar-refractivity contribution is 0.557. The molecular formula is C17H19ClFN. The monoisotopic (exact) mass is 291 g/mol. The van der Waals surface area contributed by atoms with Crippen molar-refractivity contribution in [2.45, 2.75) is 26.8 Å². The standard InChI is InChI=1S/C17H19ClFN/c1-4-20-17(14-7-6-13(18)10-12(14)3)15-9-11(2)5-8-16(15)19/h5-10,17,20H,4H2,1-3H3. The van der Waals surface area contributed by atoms with E-state index in [1.165, 1.54) is 6.07 Å². The second kappa shape index (κ2) is 6.38. The van der Waals surface area contributed by atoms with Crippen LogP contribution in [0, 0.1) is 19.7 Å². The number of halogens is 2. The summed E-state index contributed by atoms with van der Waals surface area (Å²) < 4.78 is 14.2. The van der Waals surface area contributed by atoms with Gasteiger partial charge in [-0.2, -0.15) is 0 Å². The van der Waals surface area contributed by atoms with E-state index in [1.54, 1.807) is 6.07 Å². The van der Waals surface area contributed by atoms with Crippen molar-refractivity contribution in [1.29, 1.82) is 0 Å². The maximum atomic E-state index is 14.2. The highest BCUT2D eigenvalue weighted by Crippen LogP contribution is 2.29. The second-order valence-corrected chi connectivity index (χ2v) is 5.45. The summed E-state index contributed by atoms with van der Waals surface area (Å²) in [5.41, 5.74) is 3.85. The molecule has 1 atom stereocenters. The lowest BCUT2D eigenvalue weighted by Gasteiger charge is -2.22. The highest BCUT2D eigenvalue weighted by Gasteiger charge is 2.19. The first-order valence-corrected chi connectivity index (χ1v) is 7.16. The minimum absolute atomic E-state index is 0.155. The molecular weight excluding hydrogens is 273 g/mol. The Morgan fingerprint density at radius 2 is 1.85 bits per heavy atom. The molecule has 0 spiro atoms. The van der Waals surface area contributed by atoms with Gasteiger partial charge in [0.05, 0.1) is 6.04 Å². The molecule has 1 N–H and O–H groups in total. The van der Waals surface area contributed by atoms with Crippen LogP contribution in [-0.4, -0.2) is 6.54 Å². The molecule has 2 aromatic rings. The fourth-order valence-corrected chi connectivity index (χ4v) is 2.67. The van der Waals surface area contributed by atoms with Crippen LogP contribution in [0.4, 0.5) is 4.39 Å². The van der Waals surface area contributed by atoms with E-state index in [1.807, 2.05) is 45.0 Å². The van der Waals surface area contributed by atoms with Gasteiger partial charge < -0.3 is 5.32 Å². The molecule has 0 amide bonds. The van der Waals surface area contributed by atoms with Gasteiger partial charge in [-0.1, -0.05) is 42.3 Å². The summed E-state index contributed by atoms with van der Waals surface area (Å²) >= 11 is 6.01. The Hall–Kier alpha value is -1.38. The Labute approximate surface area is 124 Å². The predicted molar refractivity (Wildman–Crippen MR) is 82.8 cm³/mol. The minimum Gasteiger partial charge on any atom is -0.306 e. The van der Waals surface area contributed by atoms with Gasteiger partial charge >= 0.3 is 0 Å². The molecule has 2 rings (SSSR count). The van der Waals surface area contributed by atoms with Gasteiger partial charge in [-0.15, -0.1) is 0 Å². The third-order valence-electron chi connectivity index (χ3n) is 3.41. The molecule has 0 aliphatic rings. The van der Waals surface area contributed by atoms with Crippen LogP contribution < -0.4 is 5.32 Å². The Kier molecular flexibility index (Phi) is 4.79. The second-order valence-electron chi connectivity index (χ2n) is 5.02. The van der Waals surface area contributed by atoms with Crippen molar-refractivity contribution >= 4 is 11.6 Å². The molecule has 3 heteroatoms.